The Morgan fingerprint density at radius 2 is 2.32 bits per heavy atom. The maximum Gasteiger partial charge on any atom is 0.305 e. The van der Waals surface area contributed by atoms with Crippen LogP contribution in [0.5, 0.6) is 0 Å². The van der Waals surface area contributed by atoms with Gasteiger partial charge < -0.3 is 5.32 Å². The highest BCUT2D eigenvalue weighted by atomic mass is 32.2. The Balaban J connectivity index is 1.88. The lowest BCUT2D eigenvalue weighted by Gasteiger charge is -2.21. The third-order valence-corrected chi connectivity index (χ3v) is 5.67. The van der Waals surface area contributed by atoms with Gasteiger partial charge in [-0.15, -0.1) is 0 Å². The number of hydrogen-bond donors (Lipinski definition) is 1. The first kappa shape index (κ1) is 14.6. The van der Waals surface area contributed by atoms with Gasteiger partial charge in [0.05, 0.1) is 4.92 Å². The number of benzene rings is 1. The minimum Gasteiger partial charge on any atom is -0.311 e. The van der Waals surface area contributed by atoms with E-state index in [-0.39, 0.29) is 0 Å². The molecule has 1 fully saturated rings. The van der Waals surface area contributed by atoms with Crippen molar-refractivity contribution in [2.75, 3.05) is 23.8 Å². The van der Waals surface area contributed by atoms with Gasteiger partial charge in [0.2, 0.25) is 5.82 Å². The summed E-state index contributed by atoms with van der Waals surface area (Å²) in [6.07, 6.45) is 0. The fourth-order valence-corrected chi connectivity index (χ4v) is 4.51. The van der Waals surface area contributed by atoms with Gasteiger partial charge in [0, 0.05) is 47.2 Å². The van der Waals surface area contributed by atoms with E-state index in [9.17, 15) is 14.5 Å². The SMILES string of the molecule is O=[N+]([O-])c1cccc(CNCC2CSCCS2)c1F. The molecule has 0 aliphatic carbocycles. The Labute approximate surface area is 119 Å². The van der Waals surface area contributed by atoms with Crippen LogP contribution in [0, 0.1) is 15.9 Å². The molecule has 0 amide bonds. The Morgan fingerprint density at radius 3 is 3.00 bits per heavy atom. The summed E-state index contributed by atoms with van der Waals surface area (Å²) in [4.78, 5) is 9.95. The van der Waals surface area contributed by atoms with Crippen molar-refractivity contribution in [3.63, 3.8) is 0 Å². The second-order valence-corrected chi connectivity index (χ2v) is 6.76. The van der Waals surface area contributed by atoms with Crippen molar-refractivity contribution < 1.29 is 9.31 Å². The van der Waals surface area contributed by atoms with Crippen molar-refractivity contribution in [2.24, 2.45) is 0 Å². The van der Waals surface area contributed by atoms with Crippen LogP contribution >= 0.6 is 23.5 Å². The van der Waals surface area contributed by atoms with Crippen LogP contribution in [0.4, 0.5) is 10.1 Å². The van der Waals surface area contributed by atoms with E-state index in [1.807, 2.05) is 23.5 Å². The number of rotatable bonds is 5. The van der Waals surface area contributed by atoms with Crippen LogP contribution < -0.4 is 5.32 Å². The molecule has 1 saturated heterocycles. The largest absolute Gasteiger partial charge is 0.311 e. The summed E-state index contributed by atoms with van der Waals surface area (Å²) < 4.78 is 13.8. The molecule has 1 aliphatic heterocycles. The maximum absolute atomic E-state index is 13.8. The molecule has 0 spiro atoms. The summed E-state index contributed by atoms with van der Waals surface area (Å²) in [6, 6.07) is 4.29. The van der Waals surface area contributed by atoms with Gasteiger partial charge in [-0.05, 0) is 0 Å². The Morgan fingerprint density at radius 1 is 1.47 bits per heavy atom. The van der Waals surface area contributed by atoms with Gasteiger partial charge in [-0.1, -0.05) is 12.1 Å². The highest BCUT2D eigenvalue weighted by Crippen LogP contribution is 2.24. The van der Waals surface area contributed by atoms with Crippen molar-refractivity contribution in [1.82, 2.24) is 5.32 Å². The van der Waals surface area contributed by atoms with E-state index in [1.54, 1.807) is 6.07 Å². The molecule has 1 atom stereocenters. The molecule has 4 nitrogen and oxygen atoms in total. The molecule has 0 aromatic heterocycles. The van der Waals surface area contributed by atoms with Gasteiger partial charge in [0.25, 0.3) is 0 Å². The van der Waals surface area contributed by atoms with Gasteiger partial charge in [-0.25, -0.2) is 0 Å². The molecule has 2 rings (SSSR count). The molecular formula is C12H15FN2O2S2. The highest BCUT2D eigenvalue weighted by Gasteiger charge is 2.18. The first-order chi connectivity index (χ1) is 9.18. The van der Waals surface area contributed by atoms with Crippen LogP contribution in [0.25, 0.3) is 0 Å². The Hall–Kier alpha value is -0.790. The van der Waals surface area contributed by atoms with Gasteiger partial charge in [-0.3, -0.25) is 10.1 Å². The van der Waals surface area contributed by atoms with Crippen LogP contribution in [-0.2, 0) is 6.54 Å². The van der Waals surface area contributed by atoms with E-state index >= 15 is 0 Å². The van der Waals surface area contributed by atoms with Crippen LogP contribution in [0.15, 0.2) is 18.2 Å². The molecule has 1 aliphatic rings. The smallest absolute Gasteiger partial charge is 0.305 e. The molecule has 1 aromatic carbocycles. The predicted molar refractivity (Wildman–Crippen MR) is 78.3 cm³/mol. The summed E-state index contributed by atoms with van der Waals surface area (Å²) in [5, 5.41) is 14.4. The zero-order chi connectivity index (χ0) is 13.7. The van der Waals surface area contributed by atoms with E-state index in [4.69, 9.17) is 0 Å². The number of nitro groups is 1. The van der Waals surface area contributed by atoms with Crippen molar-refractivity contribution in [3.05, 3.63) is 39.7 Å². The molecule has 0 radical (unpaired) electrons. The first-order valence-corrected chi connectivity index (χ1v) is 8.20. The number of hydrogen-bond acceptors (Lipinski definition) is 5. The fourth-order valence-electron chi connectivity index (χ4n) is 1.87. The Kier molecular flexibility index (Phi) is 5.47. The highest BCUT2D eigenvalue weighted by molar-refractivity contribution is 8.06. The van der Waals surface area contributed by atoms with Gasteiger partial charge >= 0.3 is 5.69 Å². The standard InChI is InChI=1S/C12H15FN2O2S2/c13-12-9(2-1-3-11(12)15(16)17)6-14-7-10-8-18-4-5-19-10/h1-3,10,14H,4-8H2. The monoisotopic (exact) mass is 302 g/mol. The van der Waals surface area contributed by atoms with E-state index in [1.165, 1.54) is 17.9 Å². The number of halogens is 1. The van der Waals surface area contributed by atoms with Crippen molar-refractivity contribution in [3.8, 4) is 0 Å². The molecule has 104 valence electrons. The quantitative estimate of drug-likeness (QED) is 0.669. The average molecular weight is 302 g/mol. The second kappa shape index (κ2) is 7.12. The zero-order valence-corrected chi connectivity index (χ0v) is 11.9. The van der Waals surface area contributed by atoms with Gasteiger partial charge in [0.15, 0.2) is 0 Å². The normalized spacial score (nSPS) is 19.3. The molecule has 1 heterocycles. The van der Waals surface area contributed by atoms with Gasteiger partial charge in [0.1, 0.15) is 0 Å². The van der Waals surface area contributed by atoms with Crippen LogP contribution in [0.1, 0.15) is 5.56 Å². The summed E-state index contributed by atoms with van der Waals surface area (Å²) in [5.41, 5.74) is -0.107. The minimum atomic E-state index is -0.731. The molecule has 7 heteroatoms. The number of nitrogens with one attached hydrogen (secondary N) is 1. The third-order valence-electron chi connectivity index (χ3n) is 2.83. The zero-order valence-electron chi connectivity index (χ0n) is 10.3. The fraction of sp³-hybridized carbons (Fsp3) is 0.500. The topological polar surface area (TPSA) is 55.2 Å². The summed E-state index contributed by atoms with van der Waals surface area (Å²) >= 11 is 3.86. The van der Waals surface area contributed by atoms with Crippen LogP contribution in [0.2, 0.25) is 0 Å². The molecule has 1 N–H and O–H groups in total. The van der Waals surface area contributed by atoms with E-state index in [2.05, 4.69) is 5.32 Å². The van der Waals surface area contributed by atoms with Crippen molar-refractivity contribution >= 4 is 29.2 Å². The van der Waals surface area contributed by atoms with E-state index in [0.29, 0.717) is 17.4 Å². The first-order valence-electron chi connectivity index (χ1n) is 6.00. The number of nitrogens with zero attached hydrogens (tertiary/aromatic N) is 1. The minimum absolute atomic E-state index is 0.329. The van der Waals surface area contributed by atoms with Crippen molar-refractivity contribution in [1.29, 1.82) is 0 Å². The molecule has 19 heavy (non-hydrogen) atoms. The summed E-state index contributed by atoms with van der Waals surface area (Å²) in [7, 11) is 0. The molecule has 1 aromatic rings. The maximum atomic E-state index is 13.8. The number of nitro benzene ring substituents is 1. The predicted octanol–water partition coefficient (Wildman–Crippen LogP) is 2.67. The van der Waals surface area contributed by atoms with Gasteiger partial charge in [-0.2, -0.15) is 27.9 Å². The van der Waals surface area contributed by atoms with E-state index in [0.717, 1.165) is 18.1 Å². The number of thioether (sulfide) groups is 2. The lowest BCUT2D eigenvalue weighted by atomic mass is 10.2. The molecule has 1 unspecified atom stereocenters. The lowest BCUT2D eigenvalue weighted by Crippen LogP contribution is -2.28. The summed E-state index contributed by atoms with van der Waals surface area (Å²) in [6.45, 7) is 1.13. The average Bonchev–Trinajstić information content (AvgIpc) is 2.41. The molecular weight excluding hydrogens is 287 g/mol. The lowest BCUT2D eigenvalue weighted by molar-refractivity contribution is -0.387. The van der Waals surface area contributed by atoms with Crippen LogP contribution in [0.3, 0.4) is 0 Å². The third kappa shape index (κ3) is 4.09. The molecule has 0 bridgehead atoms. The summed E-state index contributed by atoms with van der Waals surface area (Å²) in [5.74, 6) is 2.73. The molecule has 0 saturated carbocycles. The van der Waals surface area contributed by atoms with Crippen LogP contribution in [-0.4, -0.2) is 34.0 Å². The van der Waals surface area contributed by atoms with E-state index < -0.39 is 16.4 Å². The second-order valence-electron chi connectivity index (χ2n) is 4.21. The van der Waals surface area contributed by atoms with Crippen molar-refractivity contribution in [2.45, 2.75) is 11.8 Å². The Bertz CT molecular complexity index is 453.